The molecule has 0 saturated heterocycles. The summed E-state index contributed by atoms with van der Waals surface area (Å²) in [5, 5.41) is 18.6. The van der Waals surface area contributed by atoms with Crippen LogP contribution in [0.25, 0.3) is 0 Å². The number of aliphatic hydroxyl groups excluding tert-OH is 1. The highest BCUT2D eigenvalue weighted by Crippen LogP contribution is 2.43. The highest BCUT2D eigenvalue weighted by molar-refractivity contribution is 5.39. The fraction of sp³-hybridized carbons (Fsp3) is 0.571. The van der Waals surface area contributed by atoms with Crippen molar-refractivity contribution in [1.82, 2.24) is 0 Å². The Bertz CT molecular complexity index is 499. The van der Waals surface area contributed by atoms with E-state index in [1.165, 1.54) is 27.0 Å². The predicted octanol–water partition coefficient (Wildman–Crippen LogP) is 2.79. The maximum atomic E-state index is 13.4. The Morgan fingerprint density at radius 2 is 1.76 bits per heavy atom. The zero-order valence-corrected chi connectivity index (χ0v) is 12.0. The fourth-order valence-corrected chi connectivity index (χ4v) is 2.28. The number of rotatable bonds is 5. The number of hydrogen-bond donors (Lipinski definition) is 2. The van der Waals surface area contributed by atoms with Crippen LogP contribution in [0.2, 0.25) is 0 Å². The van der Waals surface area contributed by atoms with E-state index >= 15 is 0 Å². The molecule has 7 heteroatoms. The summed E-state index contributed by atoms with van der Waals surface area (Å²) in [5.74, 6) is -0.415. The highest BCUT2D eigenvalue weighted by Gasteiger charge is 2.55. The molecule has 1 aromatic rings. The van der Waals surface area contributed by atoms with Crippen molar-refractivity contribution >= 4 is 0 Å². The zero-order chi connectivity index (χ0) is 16.5. The van der Waals surface area contributed by atoms with E-state index in [-0.39, 0.29) is 11.3 Å². The van der Waals surface area contributed by atoms with Gasteiger partial charge in [-0.3, -0.25) is 0 Å². The van der Waals surface area contributed by atoms with Crippen molar-refractivity contribution in [3.05, 3.63) is 29.6 Å². The second-order valence-corrected chi connectivity index (χ2v) is 5.59. The Hall–Kier alpha value is -1.34. The molecule has 0 aliphatic carbocycles. The van der Waals surface area contributed by atoms with Crippen LogP contribution in [0, 0.1) is 5.82 Å². The number of alkyl halides is 3. The third kappa shape index (κ3) is 3.65. The van der Waals surface area contributed by atoms with Gasteiger partial charge in [0, 0.05) is 5.56 Å². The molecular weight excluding hydrogens is 292 g/mol. The average Bonchev–Trinajstić information content (AvgIpc) is 2.36. The van der Waals surface area contributed by atoms with Gasteiger partial charge < -0.3 is 14.9 Å². The van der Waals surface area contributed by atoms with Crippen LogP contribution in [0.3, 0.4) is 0 Å². The number of aliphatic hydroxyl groups is 2. The first kappa shape index (κ1) is 17.7. The molecule has 3 nitrogen and oxygen atoms in total. The summed E-state index contributed by atoms with van der Waals surface area (Å²) >= 11 is 0. The summed E-state index contributed by atoms with van der Waals surface area (Å²) in [5.41, 5.74) is -4.37. The lowest BCUT2D eigenvalue weighted by Gasteiger charge is -2.37. The van der Waals surface area contributed by atoms with E-state index in [0.717, 1.165) is 12.1 Å². The third-order valence-corrected chi connectivity index (χ3v) is 3.41. The second kappa shape index (κ2) is 5.81. The normalized spacial score (nSPS) is 15.7. The molecule has 0 amide bonds. The molecule has 0 aliphatic heterocycles. The lowest BCUT2D eigenvalue weighted by molar-refractivity contribution is -0.277. The summed E-state index contributed by atoms with van der Waals surface area (Å²) in [6, 6.07) is 3.49. The van der Waals surface area contributed by atoms with Crippen LogP contribution in [-0.4, -0.2) is 35.7 Å². The van der Waals surface area contributed by atoms with Crippen LogP contribution < -0.4 is 4.74 Å². The Morgan fingerprint density at radius 3 is 2.19 bits per heavy atom. The van der Waals surface area contributed by atoms with Crippen molar-refractivity contribution in [3.8, 4) is 5.75 Å². The lowest BCUT2D eigenvalue weighted by Crippen LogP contribution is -2.52. The molecule has 1 rings (SSSR count). The standard InChI is InChI=1S/C14H18F4O3/c1-12(2,7-13(20,8-19)14(16,17)18)10-6-9(15)4-5-11(10)21-3/h4-6,19-20H,7-8H2,1-3H3/t13-/m1/s1. The van der Waals surface area contributed by atoms with E-state index in [1.54, 1.807) is 0 Å². The summed E-state index contributed by atoms with van der Waals surface area (Å²) in [6.07, 6.45) is -5.83. The molecule has 0 unspecified atom stereocenters. The first-order valence-electron chi connectivity index (χ1n) is 6.21. The first-order valence-corrected chi connectivity index (χ1v) is 6.21. The van der Waals surface area contributed by atoms with Crippen molar-refractivity contribution in [2.24, 2.45) is 0 Å². The van der Waals surface area contributed by atoms with Crippen molar-refractivity contribution in [1.29, 1.82) is 0 Å². The molecule has 0 saturated carbocycles. The fourth-order valence-electron chi connectivity index (χ4n) is 2.28. The van der Waals surface area contributed by atoms with Crippen LogP contribution in [0.1, 0.15) is 25.8 Å². The van der Waals surface area contributed by atoms with Gasteiger partial charge in [-0.15, -0.1) is 0 Å². The van der Waals surface area contributed by atoms with Gasteiger partial charge in [-0.2, -0.15) is 13.2 Å². The minimum absolute atomic E-state index is 0.182. The van der Waals surface area contributed by atoms with Gasteiger partial charge in [0.05, 0.1) is 13.7 Å². The van der Waals surface area contributed by atoms with Crippen molar-refractivity contribution in [2.45, 2.75) is 37.5 Å². The Balaban J connectivity index is 3.25. The molecule has 21 heavy (non-hydrogen) atoms. The maximum Gasteiger partial charge on any atom is 0.419 e. The average molecular weight is 310 g/mol. The minimum atomic E-state index is -5.00. The number of halogens is 4. The summed E-state index contributed by atoms with van der Waals surface area (Å²) in [7, 11) is 1.31. The van der Waals surface area contributed by atoms with E-state index < -0.39 is 36.0 Å². The van der Waals surface area contributed by atoms with Gasteiger partial charge in [-0.1, -0.05) is 13.8 Å². The largest absolute Gasteiger partial charge is 0.496 e. The Morgan fingerprint density at radius 1 is 1.19 bits per heavy atom. The molecule has 0 heterocycles. The van der Waals surface area contributed by atoms with Gasteiger partial charge in [0.2, 0.25) is 0 Å². The summed E-state index contributed by atoms with van der Waals surface area (Å²) < 4.78 is 57.1. The number of hydrogen-bond acceptors (Lipinski definition) is 3. The van der Waals surface area contributed by atoms with Crippen LogP contribution >= 0.6 is 0 Å². The Kier molecular flexibility index (Phi) is 4.90. The van der Waals surface area contributed by atoms with Gasteiger partial charge in [-0.05, 0) is 30.0 Å². The molecule has 0 aromatic heterocycles. The van der Waals surface area contributed by atoms with Gasteiger partial charge >= 0.3 is 6.18 Å². The second-order valence-electron chi connectivity index (χ2n) is 5.59. The van der Waals surface area contributed by atoms with Gasteiger partial charge in [-0.25, -0.2) is 4.39 Å². The quantitative estimate of drug-likeness (QED) is 0.822. The minimum Gasteiger partial charge on any atom is -0.496 e. The summed E-state index contributed by atoms with van der Waals surface area (Å²) in [6.45, 7) is 1.35. The monoisotopic (exact) mass is 310 g/mol. The molecule has 1 atom stereocenters. The van der Waals surface area contributed by atoms with E-state index in [2.05, 4.69) is 0 Å². The van der Waals surface area contributed by atoms with Crippen molar-refractivity contribution < 1.29 is 32.5 Å². The molecule has 0 fully saturated rings. The van der Waals surface area contributed by atoms with Crippen LogP contribution in [0.4, 0.5) is 17.6 Å². The smallest absolute Gasteiger partial charge is 0.419 e. The number of methoxy groups -OCH3 is 1. The number of ether oxygens (including phenoxy) is 1. The maximum absolute atomic E-state index is 13.4. The number of benzene rings is 1. The highest BCUT2D eigenvalue weighted by atomic mass is 19.4. The molecule has 120 valence electrons. The SMILES string of the molecule is COc1ccc(F)cc1C(C)(C)C[C@@](O)(CO)C(F)(F)F. The van der Waals surface area contributed by atoms with Gasteiger partial charge in [0.15, 0.2) is 5.60 Å². The van der Waals surface area contributed by atoms with Crippen molar-refractivity contribution in [2.75, 3.05) is 13.7 Å². The predicted molar refractivity (Wildman–Crippen MR) is 68.7 cm³/mol. The molecule has 2 N–H and O–H groups in total. The van der Waals surface area contributed by atoms with Crippen molar-refractivity contribution in [3.63, 3.8) is 0 Å². The van der Waals surface area contributed by atoms with Crippen LogP contribution in [0.5, 0.6) is 5.75 Å². The molecule has 1 aromatic carbocycles. The van der Waals surface area contributed by atoms with E-state index in [0.29, 0.717) is 0 Å². The molecule has 0 radical (unpaired) electrons. The van der Waals surface area contributed by atoms with Crippen LogP contribution in [0.15, 0.2) is 18.2 Å². The van der Waals surface area contributed by atoms with E-state index in [4.69, 9.17) is 9.84 Å². The third-order valence-electron chi connectivity index (χ3n) is 3.41. The molecular formula is C14H18F4O3. The molecule has 0 spiro atoms. The van der Waals surface area contributed by atoms with E-state index in [1.807, 2.05) is 0 Å². The van der Waals surface area contributed by atoms with Crippen LogP contribution in [-0.2, 0) is 5.41 Å². The Labute approximate surface area is 120 Å². The molecule has 0 bridgehead atoms. The van der Waals surface area contributed by atoms with Gasteiger partial charge in [0.1, 0.15) is 11.6 Å². The molecule has 0 aliphatic rings. The van der Waals surface area contributed by atoms with E-state index in [9.17, 15) is 22.7 Å². The topological polar surface area (TPSA) is 49.7 Å². The summed E-state index contributed by atoms with van der Waals surface area (Å²) in [4.78, 5) is 0. The zero-order valence-electron chi connectivity index (χ0n) is 12.0. The first-order chi connectivity index (χ1) is 9.47. The lowest BCUT2D eigenvalue weighted by atomic mass is 9.74. The van der Waals surface area contributed by atoms with Gasteiger partial charge in [0.25, 0.3) is 0 Å².